The molecule has 0 bridgehead atoms. The van der Waals surface area contributed by atoms with E-state index in [2.05, 4.69) is 36.6 Å². The summed E-state index contributed by atoms with van der Waals surface area (Å²) in [5.74, 6) is 2.83. The average Bonchev–Trinajstić information content (AvgIpc) is 3.33. The highest BCUT2D eigenvalue weighted by atomic mass is 35.5. The highest BCUT2D eigenvalue weighted by molar-refractivity contribution is 6.32. The number of aliphatic imine (C=N–C) groups is 1. The molecule has 5 nitrogen and oxygen atoms in total. The van der Waals surface area contributed by atoms with Gasteiger partial charge in [0.2, 0.25) is 0 Å². The lowest BCUT2D eigenvalue weighted by molar-refractivity contribution is 0.213. The molecule has 1 aliphatic carbocycles. The molecule has 164 valence electrons. The first-order chi connectivity index (χ1) is 15.0. The quantitative estimate of drug-likeness (QED) is 0.537. The lowest BCUT2D eigenvalue weighted by Crippen LogP contribution is -2.43. The Morgan fingerprint density at radius 2 is 2.00 bits per heavy atom. The minimum absolute atomic E-state index is 0.00484. The molecule has 2 heterocycles. The fourth-order valence-electron chi connectivity index (χ4n) is 5.14. The van der Waals surface area contributed by atoms with E-state index in [1.165, 1.54) is 17.1 Å². The minimum Gasteiger partial charge on any atom is -0.497 e. The fraction of sp³-hybridized carbons (Fsp3) is 0.520. The van der Waals surface area contributed by atoms with E-state index in [-0.39, 0.29) is 12.0 Å². The van der Waals surface area contributed by atoms with Crippen LogP contribution in [0.25, 0.3) is 5.57 Å². The predicted molar refractivity (Wildman–Crippen MR) is 126 cm³/mol. The van der Waals surface area contributed by atoms with Gasteiger partial charge in [-0.3, -0.25) is 4.90 Å². The van der Waals surface area contributed by atoms with Crippen molar-refractivity contribution in [1.29, 1.82) is 5.26 Å². The van der Waals surface area contributed by atoms with Gasteiger partial charge in [0, 0.05) is 41.4 Å². The van der Waals surface area contributed by atoms with Gasteiger partial charge in [-0.1, -0.05) is 32.4 Å². The maximum absolute atomic E-state index is 10.2. The van der Waals surface area contributed by atoms with Crippen molar-refractivity contribution in [2.75, 3.05) is 20.2 Å². The van der Waals surface area contributed by atoms with Crippen molar-refractivity contribution >= 4 is 22.9 Å². The van der Waals surface area contributed by atoms with Crippen LogP contribution in [0.4, 0.5) is 0 Å². The Balaban J connectivity index is 1.92. The molecule has 0 spiro atoms. The molecule has 31 heavy (non-hydrogen) atoms. The fourth-order valence-corrected chi connectivity index (χ4v) is 5.41. The number of hydrogen-bond acceptors (Lipinski definition) is 5. The molecule has 0 amide bonds. The van der Waals surface area contributed by atoms with Gasteiger partial charge in [0.1, 0.15) is 23.4 Å². The number of allylic oxidation sites excluding steroid dienone is 1. The maximum Gasteiger partial charge on any atom is 0.139 e. The van der Waals surface area contributed by atoms with Gasteiger partial charge >= 0.3 is 0 Å². The van der Waals surface area contributed by atoms with Gasteiger partial charge in [0.25, 0.3) is 0 Å². The lowest BCUT2D eigenvalue weighted by Gasteiger charge is -2.39. The summed E-state index contributed by atoms with van der Waals surface area (Å²) in [4.78, 5) is 9.84. The van der Waals surface area contributed by atoms with Crippen molar-refractivity contribution in [2.45, 2.75) is 58.9 Å². The van der Waals surface area contributed by atoms with Crippen LogP contribution in [0.5, 0.6) is 5.75 Å². The number of methoxy groups -OCH3 is 1. The molecule has 2 aliphatic heterocycles. The van der Waals surface area contributed by atoms with Crippen LogP contribution in [0.3, 0.4) is 0 Å². The van der Waals surface area contributed by atoms with Crippen LogP contribution >= 0.6 is 11.6 Å². The Kier molecular flexibility index (Phi) is 6.29. The highest BCUT2D eigenvalue weighted by Gasteiger charge is 2.46. The number of nitrogens with zero attached hydrogens (tertiary/aromatic N) is 4. The Morgan fingerprint density at radius 1 is 1.26 bits per heavy atom. The molecule has 3 aliphatic rings. The molecule has 2 atom stereocenters. The molecule has 1 aromatic rings. The van der Waals surface area contributed by atoms with Crippen molar-refractivity contribution in [3.63, 3.8) is 0 Å². The van der Waals surface area contributed by atoms with Crippen LogP contribution in [-0.4, -0.2) is 41.8 Å². The molecule has 1 saturated carbocycles. The van der Waals surface area contributed by atoms with E-state index >= 15 is 0 Å². The maximum atomic E-state index is 10.2. The third-order valence-electron chi connectivity index (χ3n) is 6.49. The zero-order chi connectivity index (χ0) is 22.1. The zero-order valence-corrected chi connectivity index (χ0v) is 19.7. The van der Waals surface area contributed by atoms with Gasteiger partial charge in [0.05, 0.1) is 18.2 Å². The first-order valence-corrected chi connectivity index (χ1v) is 11.8. The minimum atomic E-state index is -0.298. The molecular weight excluding hydrogens is 408 g/mol. The van der Waals surface area contributed by atoms with Gasteiger partial charge in [-0.25, -0.2) is 4.99 Å². The van der Waals surface area contributed by atoms with Crippen LogP contribution < -0.4 is 4.74 Å². The highest BCUT2D eigenvalue weighted by Crippen LogP contribution is 2.49. The summed E-state index contributed by atoms with van der Waals surface area (Å²) in [5, 5.41) is 10.9. The second-order valence-electron chi connectivity index (χ2n) is 8.52. The van der Waals surface area contributed by atoms with Crippen molar-refractivity contribution in [1.82, 2.24) is 9.80 Å². The van der Waals surface area contributed by atoms with Crippen molar-refractivity contribution in [3.8, 4) is 11.8 Å². The SMILES string of the molecule is CCCN(CCC)C1=C2CCCC2=NC2=C(c3ccc(OC)cc3Cl)C(C)C(C#N)N21. The largest absolute Gasteiger partial charge is 0.497 e. The molecule has 0 saturated heterocycles. The Bertz CT molecular complexity index is 997. The predicted octanol–water partition coefficient (Wildman–Crippen LogP) is 5.83. The topological polar surface area (TPSA) is 51.9 Å². The van der Waals surface area contributed by atoms with E-state index in [9.17, 15) is 5.26 Å². The monoisotopic (exact) mass is 438 g/mol. The number of hydrogen-bond donors (Lipinski definition) is 0. The number of benzene rings is 1. The van der Waals surface area contributed by atoms with Crippen molar-refractivity contribution in [2.24, 2.45) is 10.9 Å². The van der Waals surface area contributed by atoms with Gasteiger partial charge in [-0.05, 0) is 50.3 Å². The van der Waals surface area contributed by atoms with Gasteiger partial charge in [-0.15, -0.1) is 0 Å². The van der Waals surface area contributed by atoms with Crippen LogP contribution in [0.2, 0.25) is 5.02 Å². The smallest absolute Gasteiger partial charge is 0.139 e. The van der Waals surface area contributed by atoms with E-state index in [1.807, 2.05) is 18.2 Å². The second-order valence-corrected chi connectivity index (χ2v) is 8.92. The molecule has 2 unspecified atom stereocenters. The van der Waals surface area contributed by atoms with Crippen molar-refractivity contribution in [3.05, 3.63) is 46.0 Å². The standard InChI is InChI=1S/C25H31ClN4O/c1-5-12-29(13-6-2)25-19-8-7-9-21(19)28-24-23(16(3)22(15-27)30(24)25)18-11-10-17(31-4)14-20(18)26/h10-11,14,16,22H,5-9,12-13H2,1-4H3. The summed E-state index contributed by atoms with van der Waals surface area (Å²) in [6.07, 6.45) is 5.29. The molecule has 6 heteroatoms. The second kappa shape index (κ2) is 8.96. The van der Waals surface area contributed by atoms with Crippen LogP contribution in [0.15, 0.2) is 40.4 Å². The number of fused-ring (bicyclic) bond motifs is 2. The first-order valence-electron chi connectivity index (χ1n) is 11.4. The molecule has 4 rings (SSSR count). The van der Waals surface area contributed by atoms with Gasteiger partial charge in [-0.2, -0.15) is 5.26 Å². The summed E-state index contributed by atoms with van der Waals surface area (Å²) in [6.45, 7) is 8.52. The number of nitriles is 1. The summed E-state index contributed by atoms with van der Waals surface area (Å²) in [6, 6.07) is 8.07. The van der Waals surface area contributed by atoms with E-state index in [0.717, 1.165) is 67.9 Å². The Hall–Kier alpha value is -2.45. The first kappa shape index (κ1) is 21.8. The van der Waals surface area contributed by atoms with E-state index in [1.54, 1.807) is 7.11 Å². The van der Waals surface area contributed by atoms with E-state index in [0.29, 0.717) is 5.02 Å². The van der Waals surface area contributed by atoms with Crippen LogP contribution in [-0.2, 0) is 0 Å². The molecule has 1 aromatic carbocycles. The number of halogens is 1. The summed E-state index contributed by atoms with van der Waals surface area (Å²) >= 11 is 6.70. The zero-order valence-electron chi connectivity index (χ0n) is 18.9. The Morgan fingerprint density at radius 3 is 2.61 bits per heavy atom. The summed E-state index contributed by atoms with van der Waals surface area (Å²) in [7, 11) is 1.64. The molecule has 1 fully saturated rings. The molecule has 0 N–H and O–H groups in total. The van der Waals surface area contributed by atoms with E-state index in [4.69, 9.17) is 21.3 Å². The third kappa shape index (κ3) is 3.61. The molecule has 0 radical (unpaired) electrons. The lowest BCUT2D eigenvalue weighted by atomic mass is 9.91. The Labute approximate surface area is 190 Å². The third-order valence-corrected chi connectivity index (χ3v) is 6.80. The number of rotatable bonds is 7. The summed E-state index contributed by atoms with van der Waals surface area (Å²) < 4.78 is 5.34. The van der Waals surface area contributed by atoms with Crippen LogP contribution in [0.1, 0.15) is 58.4 Å². The molecule has 0 aromatic heterocycles. The average molecular weight is 439 g/mol. The van der Waals surface area contributed by atoms with Gasteiger partial charge in [0.15, 0.2) is 0 Å². The van der Waals surface area contributed by atoms with E-state index < -0.39 is 0 Å². The van der Waals surface area contributed by atoms with Crippen molar-refractivity contribution < 1.29 is 4.74 Å². The number of ether oxygens (including phenoxy) is 1. The normalized spacial score (nSPS) is 22.3. The van der Waals surface area contributed by atoms with Gasteiger partial charge < -0.3 is 9.64 Å². The van der Waals surface area contributed by atoms with Crippen LogP contribution in [0, 0.1) is 17.2 Å². The summed E-state index contributed by atoms with van der Waals surface area (Å²) in [5.41, 5.74) is 4.52. The molecular formula is C25H31ClN4O.